The van der Waals surface area contributed by atoms with Crippen LogP contribution in [0, 0.1) is 20.8 Å². The summed E-state index contributed by atoms with van der Waals surface area (Å²) in [6.07, 6.45) is 1.15. The van der Waals surface area contributed by atoms with Crippen LogP contribution in [0.1, 0.15) is 29.2 Å². The molecule has 0 N–H and O–H groups in total. The summed E-state index contributed by atoms with van der Waals surface area (Å²) in [7, 11) is 0. The first kappa shape index (κ1) is 8.32. The summed E-state index contributed by atoms with van der Waals surface area (Å²) >= 11 is 0. The maximum Gasteiger partial charge on any atom is -0.0302 e. The second-order valence-electron chi connectivity index (χ2n) is 3.16. The second-order valence-corrected chi connectivity index (χ2v) is 3.16. The molecule has 0 heteroatoms. The van der Waals surface area contributed by atoms with E-state index in [1.54, 1.807) is 0 Å². The van der Waals surface area contributed by atoms with Gasteiger partial charge in [-0.2, -0.15) is 0 Å². The lowest BCUT2D eigenvalue weighted by molar-refractivity contribution is 1.07. The van der Waals surface area contributed by atoms with Crippen LogP contribution in [0.25, 0.3) is 0 Å². The lowest BCUT2D eigenvalue weighted by Crippen LogP contribution is -1.93. The van der Waals surface area contributed by atoms with Crippen molar-refractivity contribution in [1.29, 1.82) is 0 Å². The molecule has 0 aliphatic heterocycles. The summed E-state index contributed by atoms with van der Waals surface area (Å²) in [5.41, 5.74) is 5.82. The van der Waals surface area contributed by atoms with E-state index in [-0.39, 0.29) is 0 Å². The average molecular weight is 148 g/mol. The fraction of sp³-hybridized carbons (Fsp3) is 0.455. The van der Waals surface area contributed by atoms with E-state index in [0.29, 0.717) is 0 Å². The Balaban J connectivity index is 3.29. The van der Waals surface area contributed by atoms with Crippen LogP contribution in [-0.4, -0.2) is 0 Å². The standard InChI is InChI=1S/C11H16/c1-5-11-9(3)7-6-8(2)10(11)4/h6-7H,5H2,1-4H3. The summed E-state index contributed by atoms with van der Waals surface area (Å²) in [5, 5.41) is 0. The molecule has 0 nitrogen and oxygen atoms in total. The van der Waals surface area contributed by atoms with E-state index in [1.807, 2.05) is 0 Å². The molecule has 0 heterocycles. The third kappa shape index (κ3) is 1.45. The molecule has 0 amide bonds. The van der Waals surface area contributed by atoms with Crippen molar-refractivity contribution >= 4 is 0 Å². The fourth-order valence-corrected chi connectivity index (χ4v) is 1.55. The number of benzene rings is 1. The normalized spacial score (nSPS) is 10.2. The Kier molecular flexibility index (Phi) is 2.33. The quantitative estimate of drug-likeness (QED) is 0.574. The number of hydrogen-bond donors (Lipinski definition) is 0. The molecule has 0 spiro atoms. The van der Waals surface area contributed by atoms with Gasteiger partial charge in [-0.25, -0.2) is 0 Å². The van der Waals surface area contributed by atoms with Crippen LogP contribution in [0.2, 0.25) is 0 Å². The average Bonchev–Trinajstić information content (AvgIpc) is 1.99. The first-order valence-corrected chi connectivity index (χ1v) is 4.22. The van der Waals surface area contributed by atoms with Crippen LogP contribution in [0.15, 0.2) is 12.1 Å². The lowest BCUT2D eigenvalue weighted by atomic mass is 9.97. The smallest absolute Gasteiger partial charge is 0.0302 e. The highest BCUT2D eigenvalue weighted by Gasteiger charge is 2.01. The van der Waals surface area contributed by atoms with Crippen LogP contribution in [0.5, 0.6) is 0 Å². The summed E-state index contributed by atoms with van der Waals surface area (Å²) in [6.45, 7) is 8.79. The van der Waals surface area contributed by atoms with Crippen molar-refractivity contribution in [3.05, 3.63) is 34.4 Å². The van der Waals surface area contributed by atoms with E-state index >= 15 is 0 Å². The maximum absolute atomic E-state index is 2.22. The van der Waals surface area contributed by atoms with Crippen LogP contribution in [0.3, 0.4) is 0 Å². The number of hydrogen-bond acceptors (Lipinski definition) is 0. The van der Waals surface area contributed by atoms with Gasteiger partial charge in [0, 0.05) is 0 Å². The molecule has 0 atom stereocenters. The molecule has 60 valence electrons. The molecule has 0 radical (unpaired) electrons. The van der Waals surface area contributed by atoms with E-state index in [9.17, 15) is 0 Å². The van der Waals surface area contributed by atoms with E-state index in [0.717, 1.165) is 6.42 Å². The number of aryl methyl sites for hydroxylation is 2. The van der Waals surface area contributed by atoms with Crippen LogP contribution in [-0.2, 0) is 6.42 Å². The first-order valence-electron chi connectivity index (χ1n) is 4.22. The van der Waals surface area contributed by atoms with Crippen molar-refractivity contribution in [3.8, 4) is 0 Å². The van der Waals surface area contributed by atoms with Gasteiger partial charge in [-0.15, -0.1) is 0 Å². The van der Waals surface area contributed by atoms with Gasteiger partial charge >= 0.3 is 0 Å². The highest BCUT2D eigenvalue weighted by atomic mass is 14.1. The molecule has 0 saturated heterocycles. The summed E-state index contributed by atoms with van der Waals surface area (Å²) < 4.78 is 0. The van der Waals surface area contributed by atoms with Gasteiger partial charge in [0.05, 0.1) is 0 Å². The monoisotopic (exact) mass is 148 g/mol. The predicted molar refractivity (Wildman–Crippen MR) is 50.0 cm³/mol. The van der Waals surface area contributed by atoms with Crippen molar-refractivity contribution in [3.63, 3.8) is 0 Å². The van der Waals surface area contributed by atoms with Crippen LogP contribution in [0.4, 0.5) is 0 Å². The molecule has 1 aromatic carbocycles. The second kappa shape index (κ2) is 3.08. The molecule has 11 heavy (non-hydrogen) atoms. The van der Waals surface area contributed by atoms with Crippen LogP contribution >= 0.6 is 0 Å². The SMILES string of the molecule is CCc1c(C)ccc(C)c1C. The Morgan fingerprint density at radius 2 is 1.55 bits per heavy atom. The van der Waals surface area contributed by atoms with E-state index in [1.165, 1.54) is 22.3 Å². The number of rotatable bonds is 1. The zero-order valence-corrected chi connectivity index (χ0v) is 7.86. The largest absolute Gasteiger partial charge is 0.0613 e. The van der Waals surface area contributed by atoms with Gasteiger partial charge in [0.15, 0.2) is 0 Å². The van der Waals surface area contributed by atoms with Crippen molar-refractivity contribution in [2.45, 2.75) is 34.1 Å². The third-order valence-corrected chi connectivity index (χ3v) is 2.46. The van der Waals surface area contributed by atoms with Crippen molar-refractivity contribution in [2.24, 2.45) is 0 Å². The summed E-state index contributed by atoms with van der Waals surface area (Å²) in [6, 6.07) is 4.41. The zero-order chi connectivity index (χ0) is 8.43. The molecule has 0 saturated carbocycles. The topological polar surface area (TPSA) is 0 Å². The Hall–Kier alpha value is -0.780. The van der Waals surface area contributed by atoms with Gasteiger partial charge in [-0.3, -0.25) is 0 Å². The van der Waals surface area contributed by atoms with Gasteiger partial charge in [-0.05, 0) is 49.4 Å². The van der Waals surface area contributed by atoms with Gasteiger partial charge in [0.1, 0.15) is 0 Å². The molecule has 0 aliphatic rings. The minimum atomic E-state index is 1.15. The zero-order valence-electron chi connectivity index (χ0n) is 7.86. The first-order chi connectivity index (χ1) is 5.16. The Morgan fingerprint density at radius 1 is 1.00 bits per heavy atom. The molecule has 1 rings (SSSR count). The minimum absolute atomic E-state index is 1.15. The van der Waals surface area contributed by atoms with Gasteiger partial charge < -0.3 is 0 Å². The van der Waals surface area contributed by atoms with Crippen molar-refractivity contribution in [1.82, 2.24) is 0 Å². The molecule has 0 aromatic heterocycles. The molecule has 0 unspecified atom stereocenters. The third-order valence-electron chi connectivity index (χ3n) is 2.46. The van der Waals surface area contributed by atoms with E-state index < -0.39 is 0 Å². The predicted octanol–water partition coefficient (Wildman–Crippen LogP) is 3.17. The molecular weight excluding hydrogens is 132 g/mol. The van der Waals surface area contributed by atoms with Gasteiger partial charge in [-0.1, -0.05) is 19.1 Å². The maximum atomic E-state index is 2.22. The van der Waals surface area contributed by atoms with Crippen LogP contribution < -0.4 is 0 Å². The lowest BCUT2D eigenvalue weighted by Gasteiger charge is -2.09. The summed E-state index contributed by atoms with van der Waals surface area (Å²) in [4.78, 5) is 0. The Morgan fingerprint density at radius 3 is 2.00 bits per heavy atom. The van der Waals surface area contributed by atoms with Gasteiger partial charge in [0.2, 0.25) is 0 Å². The van der Waals surface area contributed by atoms with E-state index in [4.69, 9.17) is 0 Å². The van der Waals surface area contributed by atoms with Gasteiger partial charge in [0.25, 0.3) is 0 Å². The molecule has 0 aliphatic carbocycles. The van der Waals surface area contributed by atoms with E-state index in [2.05, 4.69) is 39.8 Å². The molecular formula is C11H16. The minimum Gasteiger partial charge on any atom is -0.0613 e. The Bertz CT molecular complexity index is 259. The highest BCUT2D eigenvalue weighted by molar-refractivity contribution is 5.38. The summed E-state index contributed by atoms with van der Waals surface area (Å²) in [5.74, 6) is 0. The van der Waals surface area contributed by atoms with Crippen molar-refractivity contribution in [2.75, 3.05) is 0 Å². The molecule has 0 fully saturated rings. The molecule has 1 aromatic rings. The Labute approximate surface area is 69.3 Å². The molecule has 0 bridgehead atoms. The highest BCUT2D eigenvalue weighted by Crippen LogP contribution is 2.17. The van der Waals surface area contributed by atoms with Crippen molar-refractivity contribution < 1.29 is 0 Å². The fourth-order valence-electron chi connectivity index (χ4n) is 1.55.